The van der Waals surface area contributed by atoms with Gasteiger partial charge in [-0.15, -0.1) is 24.8 Å². The van der Waals surface area contributed by atoms with Crippen LogP contribution in [0.25, 0.3) is 0 Å². The fourth-order valence-electron chi connectivity index (χ4n) is 3.16. The predicted octanol–water partition coefficient (Wildman–Crippen LogP) is 2.09. The first-order valence-electron chi connectivity index (χ1n) is 8.91. The Morgan fingerprint density at radius 3 is 2.63 bits per heavy atom. The van der Waals surface area contributed by atoms with Gasteiger partial charge in [0.1, 0.15) is 12.4 Å². The second-order valence-electron chi connectivity index (χ2n) is 6.43. The van der Waals surface area contributed by atoms with Gasteiger partial charge < -0.3 is 19.7 Å². The van der Waals surface area contributed by atoms with E-state index < -0.39 is 0 Å². The van der Waals surface area contributed by atoms with E-state index in [1.165, 1.54) is 0 Å². The number of carbonyl (C=O) groups is 1. The lowest BCUT2D eigenvalue weighted by Gasteiger charge is -2.35. The molecule has 2 heterocycles. The van der Waals surface area contributed by atoms with Crippen molar-refractivity contribution in [2.75, 3.05) is 59.1 Å². The number of amides is 1. The highest BCUT2D eigenvalue weighted by molar-refractivity contribution is 6.32. The Hall–Kier alpha value is -0.760. The van der Waals surface area contributed by atoms with Gasteiger partial charge in [-0.25, -0.2) is 0 Å². The molecule has 9 heteroatoms. The number of morpholine rings is 1. The zero-order valence-electron chi connectivity index (χ0n) is 15.3. The number of piperazine rings is 1. The molecule has 154 valence electrons. The molecule has 1 aromatic carbocycles. The molecule has 3 rings (SSSR count). The summed E-state index contributed by atoms with van der Waals surface area (Å²) in [4.78, 5) is 16.7. The summed E-state index contributed by atoms with van der Waals surface area (Å²) >= 11 is 6.08. The van der Waals surface area contributed by atoms with Crippen molar-refractivity contribution in [2.45, 2.75) is 12.5 Å². The number of hydrogen-bond acceptors (Lipinski definition) is 5. The lowest BCUT2D eigenvalue weighted by Crippen LogP contribution is -2.51. The minimum Gasteiger partial charge on any atom is -0.491 e. The van der Waals surface area contributed by atoms with Crippen LogP contribution in [0.4, 0.5) is 0 Å². The Morgan fingerprint density at radius 2 is 1.96 bits per heavy atom. The highest BCUT2D eigenvalue weighted by atomic mass is 35.5. The molecule has 6 nitrogen and oxygen atoms in total. The smallest absolute Gasteiger partial charge is 0.224 e. The minimum absolute atomic E-state index is 0. The van der Waals surface area contributed by atoms with Crippen molar-refractivity contribution < 1.29 is 14.3 Å². The standard InChI is InChI=1S/C18H26ClN3O3.2ClH/c19-16-3-1-2-4-17(16)25-12-10-21-6-8-22(9-7-21)18(23)13-15-14-24-11-5-20-15;;/h1-4,15,20H,5-14H2;2*1H. The number of benzene rings is 1. The first-order valence-corrected chi connectivity index (χ1v) is 9.29. The highest BCUT2D eigenvalue weighted by Crippen LogP contribution is 2.22. The molecular weight excluding hydrogens is 413 g/mol. The molecule has 0 saturated carbocycles. The highest BCUT2D eigenvalue weighted by Gasteiger charge is 2.24. The summed E-state index contributed by atoms with van der Waals surface area (Å²) < 4.78 is 11.1. The molecule has 2 aliphatic heterocycles. The molecule has 0 radical (unpaired) electrons. The summed E-state index contributed by atoms with van der Waals surface area (Å²) in [5.41, 5.74) is 0. The first kappa shape index (κ1) is 24.3. The van der Waals surface area contributed by atoms with Crippen LogP contribution in [0.2, 0.25) is 5.02 Å². The average Bonchev–Trinajstić information content (AvgIpc) is 2.65. The number of carbonyl (C=O) groups excluding carboxylic acids is 1. The van der Waals surface area contributed by atoms with Gasteiger partial charge >= 0.3 is 0 Å². The van der Waals surface area contributed by atoms with E-state index in [0.29, 0.717) is 24.7 Å². The number of halogens is 3. The molecule has 1 unspecified atom stereocenters. The van der Waals surface area contributed by atoms with Gasteiger partial charge in [0.2, 0.25) is 5.91 Å². The topological polar surface area (TPSA) is 54.0 Å². The van der Waals surface area contributed by atoms with E-state index in [0.717, 1.165) is 51.6 Å². The lowest BCUT2D eigenvalue weighted by atomic mass is 10.1. The van der Waals surface area contributed by atoms with Gasteiger partial charge in [0.05, 0.1) is 18.2 Å². The van der Waals surface area contributed by atoms with Crippen molar-refractivity contribution in [1.82, 2.24) is 15.1 Å². The largest absolute Gasteiger partial charge is 0.491 e. The van der Waals surface area contributed by atoms with Crippen LogP contribution in [0.15, 0.2) is 24.3 Å². The van der Waals surface area contributed by atoms with Crippen LogP contribution in [-0.2, 0) is 9.53 Å². The van der Waals surface area contributed by atoms with Crippen LogP contribution in [0.1, 0.15) is 6.42 Å². The number of para-hydroxylation sites is 1. The number of ether oxygens (including phenoxy) is 2. The molecule has 0 aliphatic carbocycles. The van der Waals surface area contributed by atoms with Crippen molar-refractivity contribution in [3.05, 3.63) is 29.3 Å². The number of rotatable bonds is 6. The van der Waals surface area contributed by atoms with Gasteiger partial charge in [0.15, 0.2) is 0 Å². The molecule has 0 aromatic heterocycles. The van der Waals surface area contributed by atoms with E-state index in [2.05, 4.69) is 10.2 Å². The predicted molar refractivity (Wildman–Crippen MR) is 112 cm³/mol. The van der Waals surface area contributed by atoms with Crippen molar-refractivity contribution in [2.24, 2.45) is 0 Å². The quantitative estimate of drug-likeness (QED) is 0.734. The van der Waals surface area contributed by atoms with Crippen LogP contribution < -0.4 is 10.1 Å². The van der Waals surface area contributed by atoms with Gasteiger partial charge in [-0.2, -0.15) is 0 Å². The van der Waals surface area contributed by atoms with Crippen molar-refractivity contribution in [3.8, 4) is 5.75 Å². The average molecular weight is 441 g/mol. The Balaban J connectivity index is 0.00000182. The van der Waals surface area contributed by atoms with E-state index in [4.69, 9.17) is 21.1 Å². The third kappa shape index (κ3) is 7.64. The maximum Gasteiger partial charge on any atom is 0.224 e. The van der Waals surface area contributed by atoms with Crippen LogP contribution in [-0.4, -0.2) is 80.8 Å². The van der Waals surface area contributed by atoms with Crippen LogP contribution >= 0.6 is 36.4 Å². The Morgan fingerprint density at radius 1 is 1.22 bits per heavy atom. The zero-order chi connectivity index (χ0) is 17.5. The van der Waals surface area contributed by atoms with Crippen molar-refractivity contribution in [1.29, 1.82) is 0 Å². The maximum atomic E-state index is 12.4. The van der Waals surface area contributed by atoms with E-state index >= 15 is 0 Å². The summed E-state index contributed by atoms with van der Waals surface area (Å²) in [6.07, 6.45) is 0.523. The second kappa shape index (κ2) is 12.6. The number of nitrogens with zero attached hydrogens (tertiary/aromatic N) is 2. The van der Waals surface area contributed by atoms with Crippen LogP contribution in [0, 0.1) is 0 Å². The summed E-state index contributed by atoms with van der Waals surface area (Å²) in [6.45, 7) is 6.95. The van der Waals surface area contributed by atoms with E-state index in [-0.39, 0.29) is 36.8 Å². The zero-order valence-corrected chi connectivity index (χ0v) is 17.7. The van der Waals surface area contributed by atoms with Gasteiger partial charge in [-0.05, 0) is 12.1 Å². The molecular formula is C18H28Cl3N3O3. The molecule has 27 heavy (non-hydrogen) atoms. The van der Waals surface area contributed by atoms with Gasteiger partial charge in [0, 0.05) is 51.7 Å². The molecule has 1 atom stereocenters. The maximum absolute atomic E-state index is 12.4. The molecule has 2 fully saturated rings. The monoisotopic (exact) mass is 439 g/mol. The minimum atomic E-state index is 0. The van der Waals surface area contributed by atoms with Gasteiger partial charge in [0.25, 0.3) is 0 Å². The summed E-state index contributed by atoms with van der Waals surface area (Å²) in [7, 11) is 0. The molecule has 2 saturated heterocycles. The van der Waals surface area contributed by atoms with Crippen molar-refractivity contribution >= 4 is 42.3 Å². The summed E-state index contributed by atoms with van der Waals surface area (Å²) in [5.74, 6) is 0.940. The number of hydrogen-bond donors (Lipinski definition) is 1. The summed E-state index contributed by atoms with van der Waals surface area (Å²) in [6, 6.07) is 7.66. The van der Waals surface area contributed by atoms with Gasteiger partial charge in [-0.3, -0.25) is 9.69 Å². The lowest BCUT2D eigenvalue weighted by molar-refractivity contribution is -0.134. The Labute approximate surface area is 178 Å². The Kier molecular flexibility index (Phi) is 11.4. The Bertz CT molecular complexity index is 566. The number of nitrogens with one attached hydrogen (secondary N) is 1. The first-order chi connectivity index (χ1) is 12.2. The van der Waals surface area contributed by atoms with E-state index in [1.807, 2.05) is 29.2 Å². The molecule has 0 spiro atoms. The van der Waals surface area contributed by atoms with Crippen LogP contribution in [0.3, 0.4) is 0 Å². The van der Waals surface area contributed by atoms with Crippen molar-refractivity contribution in [3.63, 3.8) is 0 Å². The molecule has 1 aromatic rings. The fraction of sp³-hybridized carbons (Fsp3) is 0.611. The third-order valence-corrected chi connectivity index (χ3v) is 4.96. The second-order valence-corrected chi connectivity index (χ2v) is 6.84. The molecule has 1 amide bonds. The normalized spacial score (nSPS) is 20.3. The molecule has 1 N–H and O–H groups in total. The molecule has 0 bridgehead atoms. The fourth-order valence-corrected chi connectivity index (χ4v) is 3.35. The van der Waals surface area contributed by atoms with E-state index in [9.17, 15) is 4.79 Å². The van der Waals surface area contributed by atoms with Crippen LogP contribution in [0.5, 0.6) is 5.75 Å². The third-order valence-electron chi connectivity index (χ3n) is 4.65. The SMILES string of the molecule is Cl.Cl.O=C(CC1COCCN1)N1CCN(CCOc2ccccc2Cl)CC1. The van der Waals surface area contributed by atoms with E-state index in [1.54, 1.807) is 0 Å². The van der Waals surface area contributed by atoms with Gasteiger partial charge in [-0.1, -0.05) is 23.7 Å². The summed E-state index contributed by atoms with van der Waals surface area (Å²) in [5, 5.41) is 3.97. The molecule has 2 aliphatic rings.